The fraction of sp³-hybridized carbons (Fsp3) is 0.355. The zero-order valence-corrected chi connectivity index (χ0v) is 23.2. The monoisotopic (exact) mass is 536 g/mol. The molecule has 0 aliphatic heterocycles. The van der Waals surface area contributed by atoms with Crippen molar-refractivity contribution in [2.24, 2.45) is 0 Å². The highest BCUT2D eigenvalue weighted by molar-refractivity contribution is 6.30. The first kappa shape index (κ1) is 29.1. The first-order valence-corrected chi connectivity index (χ1v) is 13.6. The van der Waals surface area contributed by atoms with E-state index in [0.717, 1.165) is 16.7 Å². The van der Waals surface area contributed by atoms with E-state index in [1.807, 2.05) is 87.5 Å². The van der Waals surface area contributed by atoms with E-state index < -0.39 is 6.04 Å². The van der Waals surface area contributed by atoms with E-state index in [2.05, 4.69) is 5.32 Å². The predicted octanol–water partition coefficient (Wildman–Crippen LogP) is 5.85. The van der Waals surface area contributed by atoms with Gasteiger partial charge in [0.25, 0.3) is 0 Å². The van der Waals surface area contributed by atoms with Crippen molar-refractivity contribution in [3.63, 3.8) is 0 Å². The maximum atomic E-state index is 13.8. The molecule has 0 radical (unpaired) electrons. The number of halogens is 1. The van der Waals surface area contributed by atoms with Crippen molar-refractivity contribution in [2.75, 3.05) is 19.8 Å². The number of nitrogens with one attached hydrogen (secondary N) is 1. The third-order valence-corrected chi connectivity index (χ3v) is 6.33. The Morgan fingerprint density at radius 2 is 1.55 bits per heavy atom. The van der Waals surface area contributed by atoms with E-state index in [4.69, 9.17) is 21.1 Å². The molecule has 3 aromatic rings. The lowest BCUT2D eigenvalue weighted by atomic mass is 10.0. The molecule has 7 heteroatoms. The van der Waals surface area contributed by atoms with Gasteiger partial charge in [0, 0.05) is 31.0 Å². The van der Waals surface area contributed by atoms with Crippen LogP contribution in [0.1, 0.15) is 43.9 Å². The third kappa shape index (κ3) is 8.52. The number of hydrogen-bond donors (Lipinski definition) is 1. The fourth-order valence-electron chi connectivity index (χ4n) is 4.32. The molecule has 38 heavy (non-hydrogen) atoms. The summed E-state index contributed by atoms with van der Waals surface area (Å²) < 4.78 is 11.4. The highest BCUT2D eigenvalue weighted by Gasteiger charge is 2.30. The van der Waals surface area contributed by atoms with Crippen molar-refractivity contribution in [1.82, 2.24) is 10.2 Å². The van der Waals surface area contributed by atoms with E-state index in [9.17, 15) is 9.59 Å². The number of rotatable bonds is 14. The van der Waals surface area contributed by atoms with Crippen LogP contribution in [0.15, 0.2) is 72.8 Å². The third-order valence-electron chi connectivity index (χ3n) is 6.10. The standard InChI is InChI=1S/C31H37ClN2O4/c1-4-33-31(36)27(20-23-11-8-7-9-12-23)34(22-25-13-10-14-26(32)19-25)30(35)18-16-24-15-17-28(37-5-2)29(21-24)38-6-3/h7-15,17,19,21,27H,4-6,16,18,20,22H2,1-3H3,(H,33,36)/t27-/m0/s1. The van der Waals surface area contributed by atoms with Crippen LogP contribution < -0.4 is 14.8 Å². The molecule has 202 valence electrons. The molecule has 3 aromatic carbocycles. The first-order valence-electron chi connectivity index (χ1n) is 13.2. The molecule has 0 aromatic heterocycles. The van der Waals surface area contributed by atoms with Gasteiger partial charge in [-0.1, -0.05) is 60.1 Å². The van der Waals surface area contributed by atoms with Crippen LogP contribution in [0.25, 0.3) is 0 Å². The van der Waals surface area contributed by atoms with E-state index >= 15 is 0 Å². The summed E-state index contributed by atoms with van der Waals surface area (Å²) in [5.74, 6) is 1.07. The molecule has 2 amide bonds. The lowest BCUT2D eigenvalue weighted by Gasteiger charge is -2.31. The van der Waals surface area contributed by atoms with Gasteiger partial charge in [0.05, 0.1) is 13.2 Å². The molecule has 0 saturated carbocycles. The Balaban J connectivity index is 1.87. The van der Waals surface area contributed by atoms with E-state index in [1.54, 1.807) is 11.0 Å². The van der Waals surface area contributed by atoms with Crippen LogP contribution in [0.5, 0.6) is 11.5 Å². The van der Waals surface area contributed by atoms with Crippen LogP contribution in [0.4, 0.5) is 0 Å². The van der Waals surface area contributed by atoms with Crippen molar-refractivity contribution in [3.05, 3.63) is 94.5 Å². The Morgan fingerprint density at radius 3 is 2.24 bits per heavy atom. The minimum Gasteiger partial charge on any atom is -0.490 e. The number of nitrogens with zero attached hydrogens (tertiary/aromatic N) is 1. The Morgan fingerprint density at radius 1 is 0.842 bits per heavy atom. The average Bonchev–Trinajstić information content (AvgIpc) is 2.91. The number of aryl methyl sites for hydroxylation is 1. The SMILES string of the molecule is CCNC(=O)[C@H](Cc1ccccc1)N(Cc1cccc(Cl)c1)C(=O)CCc1ccc(OCC)c(OCC)c1. The van der Waals surface area contributed by atoms with Crippen molar-refractivity contribution >= 4 is 23.4 Å². The van der Waals surface area contributed by atoms with Gasteiger partial charge in [-0.05, 0) is 68.1 Å². The lowest BCUT2D eigenvalue weighted by Crippen LogP contribution is -2.50. The summed E-state index contributed by atoms with van der Waals surface area (Å²) in [4.78, 5) is 28.7. The molecule has 0 aliphatic carbocycles. The first-order chi connectivity index (χ1) is 18.4. The molecule has 0 heterocycles. The van der Waals surface area contributed by atoms with Crippen molar-refractivity contribution < 1.29 is 19.1 Å². The average molecular weight is 537 g/mol. The van der Waals surface area contributed by atoms with Crippen LogP contribution in [-0.2, 0) is 29.0 Å². The molecule has 1 N–H and O–H groups in total. The zero-order chi connectivity index (χ0) is 27.3. The molecule has 3 rings (SSSR count). The second kappa shape index (κ2) is 15.0. The topological polar surface area (TPSA) is 67.9 Å². The highest BCUT2D eigenvalue weighted by Crippen LogP contribution is 2.29. The van der Waals surface area contributed by atoms with Crippen LogP contribution >= 0.6 is 11.6 Å². The van der Waals surface area contributed by atoms with Crippen LogP contribution in [0.2, 0.25) is 5.02 Å². The van der Waals surface area contributed by atoms with Crippen molar-refractivity contribution in [2.45, 2.75) is 52.6 Å². The van der Waals surface area contributed by atoms with E-state index in [1.165, 1.54) is 0 Å². The number of hydrogen-bond acceptors (Lipinski definition) is 4. The number of benzene rings is 3. The fourth-order valence-corrected chi connectivity index (χ4v) is 4.54. The van der Waals surface area contributed by atoms with Gasteiger partial charge in [-0.15, -0.1) is 0 Å². The molecule has 0 unspecified atom stereocenters. The predicted molar refractivity (Wildman–Crippen MR) is 152 cm³/mol. The summed E-state index contributed by atoms with van der Waals surface area (Å²) in [6.45, 7) is 7.55. The van der Waals surface area contributed by atoms with Crippen molar-refractivity contribution in [3.8, 4) is 11.5 Å². The number of amides is 2. The van der Waals surface area contributed by atoms with Gasteiger partial charge in [-0.25, -0.2) is 0 Å². The molecule has 0 aliphatic rings. The van der Waals surface area contributed by atoms with Gasteiger partial charge in [-0.2, -0.15) is 0 Å². The van der Waals surface area contributed by atoms with Gasteiger partial charge >= 0.3 is 0 Å². The number of carbonyl (C=O) groups is 2. The van der Waals surface area contributed by atoms with E-state index in [0.29, 0.717) is 49.1 Å². The Kier molecular flexibility index (Phi) is 11.5. The normalized spacial score (nSPS) is 11.5. The second-order valence-corrected chi connectivity index (χ2v) is 9.34. The molecule has 6 nitrogen and oxygen atoms in total. The minimum absolute atomic E-state index is 0.107. The molecule has 1 atom stereocenters. The van der Waals surface area contributed by atoms with Crippen molar-refractivity contribution in [1.29, 1.82) is 0 Å². The summed E-state index contributed by atoms with van der Waals surface area (Å²) in [5.41, 5.74) is 2.82. The molecule has 0 bridgehead atoms. The number of likely N-dealkylation sites (N-methyl/N-ethyl adjacent to an activating group) is 1. The summed E-state index contributed by atoms with van der Waals surface area (Å²) in [7, 11) is 0. The van der Waals surface area contributed by atoms with Crippen LogP contribution in [-0.4, -0.2) is 42.5 Å². The van der Waals surface area contributed by atoms with Gasteiger partial charge in [0.15, 0.2) is 11.5 Å². The summed E-state index contributed by atoms with van der Waals surface area (Å²) >= 11 is 6.24. The zero-order valence-electron chi connectivity index (χ0n) is 22.4. The quantitative estimate of drug-likeness (QED) is 0.281. The summed E-state index contributed by atoms with van der Waals surface area (Å²) in [5, 5.41) is 3.51. The Bertz CT molecular complexity index is 1190. The van der Waals surface area contributed by atoms with Gasteiger partial charge in [-0.3, -0.25) is 9.59 Å². The Labute approximate surface area is 230 Å². The van der Waals surface area contributed by atoms with Gasteiger partial charge < -0.3 is 19.7 Å². The largest absolute Gasteiger partial charge is 0.490 e. The lowest BCUT2D eigenvalue weighted by molar-refractivity contribution is -0.141. The van der Waals surface area contributed by atoms with Gasteiger partial charge in [0.1, 0.15) is 6.04 Å². The molecule has 0 fully saturated rings. The summed E-state index contributed by atoms with van der Waals surface area (Å²) in [6.07, 6.45) is 1.16. The molecule has 0 saturated heterocycles. The smallest absolute Gasteiger partial charge is 0.243 e. The molecular formula is C31H37ClN2O4. The number of carbonyl (C=O) groups excluding carboxylic acids is 2. The highest BCUT2D eigenvalue weighted by atomic mass is 35.5. The van der Waals surface area contributed by atoms with Gasteiger partial charge in [0.2, 0.25) is 11.8 Å². The minimum atomic E-state index is -0.664. The van der Waals surface area contributed by atoms with Crippen LogP contribution in [0, 0.1) is 0 Å². The maximum absolute atomic E-state index is 13.8. The maximum Gasteiger partial charge on any atom is 0.243 e. The molecule has 0 spiro atoms. The Hall–Kier alpha value is -3.51. The van der Waals surface area contributed by atoms with E-state index in [-0.39, 0.29) is 24.8 Å². The van der Waals surface area contributed by atoms with Crippen LogP contribution in [0.3, 0.4) is 0 Å². The summed E-state index contributed by atoms with van der Waals surface area (Å²) in [6, 6.07) is 22.3. The second-order valence-electron chi connectivity index (χ2n) is 8.90. The number of ether oxygens (including phenoxy) is 2. The molecular weight excluding hydrogens is 500 g/mol.